The molecule has 6 heteroatoms. The SMILES string of the molecule is COc1cccc(CN2CCC3(CC2)CN(C(=O)c2cc(Cl)cc(Cl)c2)c2ccc(C)cc23)c1. The van der Waals surface area contributed by atoms with Crippen LogP contribution in [0.25, 0.3) is 0 Å². The Bertz CT molecular complexity index is 1210. The number of halogens is 2. The molecule has 0 unspecified atom stereocenters. The Hall–Kier alpha value is -2.53. The van der Waals surface area contributed by atoms with Crippen LogP contribution < -0.4 is 9.64 Å². The Morgan fingerprint density at radius 3 is 2.44 bits per heavy atom. The first-order valence-electron chi connectivity index (χ1n) is 11.6. The van der Waals surface area contributed by atoms with Gasteiger partial charge in [0.25, 0.3) is 5.91 Å². The summed E-state index contributed by atoms with van der Waals surface area (Å²) in [4.78, 5) is 18.0. The van der Waals surface area contributed by atoms with Crippen molar-refractivity contribution in [2.24, 2.45) is 0 Å². The molecule has 0 atom stereocenters. The smallest absolute Gasteiger partial charge is 0.258 e. The van der Waals surface area contributed by atoms with Crippen LogP contribution >= 0.6 is 23.2 Å². The number of rotatable bonds is 4. The van der Waals surface area contributed by atoms with E-state index in [2.05, 4.69) is 42.2 Å². The number of aryl methyl sites for hydroxylation is 1. The number of ether oxygens (including phenoxy) is 1. The van der Waals surface area contributed by atoms with Gasteiger partial charge in [-0.2, -0.15) is 0 Å². The minimum Gasteiger partial charge on any atom is -0.497 e. The van der Waals surface area contributed by atoms with Crippen molar-refractivity contribution in [1.29, 1.82) is 0 Å². The third kappa shape index (κ3) is 4.43. The second kappa shape index (κ2) is 9.26. The number of fused-ring (bicyclic) bond motifs is 2. The fourth-order valence-electron chi connectivity index (χ4n) is 5.39. The Morgan fingerprint density at radius 2 is 1.74 bits per heavy atom. The normalized spacial score (nSPS) is 17.1. The zero-order valence-electron chi connectivity index (χ0n) is 19.5. The number of hydrogen-bond donors (Lipinski definition) is 0. The summed E-state index contributed by atoms with van der Waals surface area (Å²) in [6.07, 6.45) is 2.01. The first kappa shape index (κ1) is 23.2. The van der Waals surface area contributed by atoms with Crippen LogP contribution in [0.15, 0.2) is 60.7 Å². The van der Waals surface area contributed by atoms with E-state index in [9.17, 15) is 4.79 Å². The van der Waals surface area contributed by atoms with Crippen molar-refractivity contribution in [1.82, 2.24) is 4.90 Å². The summed E-state index contributed by atoms with van der Waals surface area (Å²) in [6.45, 7) is 5.66. The van der Waals surface area contributed by atoms with E-state index in [0.717, 1.165) is 43.9 Å². The van der Waals surface area contributed by atoms with Crippen molar-refractivity contribution in [3.8, 4) is 5.75 Å². The van der Waals surface area contributed by atoms with Gasteiger partial charge in [0.1, 0.15) is 5.75 Å². The third-order valence-corrected chi connectivity index (χ3v) is 7.62. The van der Waals surface area contributed by atoms with Gasteiger partial charge in [-0.05, 0) is 80.4 Å². The van der Waals surface area contributed by atoms with Crippen molar-refractivity contribution in [3.63, 3.8) is 0 Å². The predicted octanol–water partition coefficient (Wildman–Crippen LogP) is 6.50. The third-order valence-electron chi connectivity index (χ3n) is 7.18. The lowest BCUT2D eigenvalue weighted by molar-refractivity contribution is 0.0975. The van der Waals surface area contributed by atoms with E-state index in [1.807, 2.05) is 17.0 Å². The van der Waals surface area contributed by atoms with Gasteiger partial charge in [0, 0.05) is 39.8 Å². The minimum atomic E-state index is -0.0508. The average molecular weight is 495 g/mol. The molecule has 2 heterocycles. The first-order valence-corrected chi connectivity index (χ1v) is 12.4. The first-order chi connectivity index (χ1) is 16.4. The molecule has 2 aliphatic heterocycles. The van der Waals surface area contributed by atoms with Gasteiger partial charge in [-0.3, -0.25) is 9.69 Å². The molecule has 0 N–H and O–H groups in total. The molecule has 176 valence electrons. The molecule has 3 aromatic carbocycles. The molecule has 0 saturated carbocycles. The summed E-state index contributed by atoms with van der Waals surface area (Å²) in [5.41, 5.74) is 5.26. The van der Waals surface area contributed by atoms with Gasteiger partial charge in [0.15, 0.2) is 0 Å². The molecule has 0 radical (unpaired) electrons. The number of piperidine rings is 1. The quantitative estimate of drug-likeness (QED) is 0.414. The lowest BCUT2D eigenvalue weighted by Crippen LogP contribution is -2.45. The standard InChI is InChI=1S/C28H28Cl2N2O2/c1-19-6-7-26-25(12-19)28(18-32(26)27(33)21-14-22(29)16-23(30)15-21)8-10-31(11-9-28)17-20-4-3-5-24(13-20)34-2/h3-7,12-16H,8-11,17-18H2,1-2H3. The summed E-state index contributed by atoms with van der Waals surface area (Å²) < 4.78 is 5.38. The van der Waals surface area contributed by atoms with Crippen molar-refractivity contribution >= 4 is 34.8 Å². The molecule has 1 spiro atoms. The highest BCUT2D eigenvalue weighted by Gasteiger charge is 2.46. The topological polar surface area (TPSA) is 32.8 Å². The molecular weight excluding hydrogens is 467 g/mol. The molecule has 1 fully saturated rings. The van der Waals surface area contributed by atoms with Crippen LogP contribution in [0.3, 0.4) is 0 Å². The summed E-state index contributed by atoms with van der Waals surface area (Å²) in [6, 6.07) is 19.8. The van der Waals surface area contributed by atoms with Gasteiger partial charge in [0.05, 0.1) is 7.11 Å². The molecule has 1 saturated heterocycles. The van der Waals surface area contributed by atoms with Crippen LogP contribution in [-0.2, 0) is 12.0 Å². The van der Waals surface area contributed by atoms with Gasteiger partial charge < -0.3 is 9.64 Å². The Kier molecular flexibility index (Phi) is 6.32. The van der Waals surface area contributed by atoms with Crippen LogP contribution in [0, 0.1) is 6.92 Å². The molecule has 1 amide bonds. The Labute approximate surface area is 211 Å². The highest BCUT2D eigenvalue weighted by Crippen LogP contribution is 2.48. The molecule has 4 nitrogen and oxygen atoms in total. The predicted molar refractivity (Wildman–Crippen MR) is 139 cm³/mol. The number of likely N-dealkylation sites (tertiary alicyclic amines) is 1. The van der Waals surface area contributed by atoms with Crippen molar-refractivity contribution in [2.45, 2.75) is 31.7 Å². The second-order valence-corrected chi connectivity index (χ2v) is 10.4. The van der Waals surface area contributed by atoms with Crippen molar-refractivity contribution in [3.05, 3.63) is 93.0 Å². The zero-order valence-corrected chi connectivity index (χ0v) is 21.0. The number of amides is 1. The minimum absolute atomic E-state index is 0.0374. The number of benzene rings is 3. The maximum Gasteiger partial charge on any atom is 0.258 e. The van der Waals surface area contributed by atoms with Crippen molar-refractivity contribution in [2.75, 3.05) is 31.6 Å². The second-order valence-electron chi connectivity index (χ2n) is 9.48. The van der Waals surface area contributed by atoms with E-state index in [1.165, 1.54) is 16.7 Å². The van der Waals surface area contributed by atoms with E-state index in [0.29, 0.717) is 22.2 Å². The zero-order chi connectivity index (χ0) is 23.9. The van der Waals surface area contributed by atoms with E-state index in [-0.39, 0.29) is 11.3 Å². The fourth-order valence-corrected chi connectivity index (χ4v) is 5.92. The molecular formula is C28H28Cl2N2O2. The van der Waals surface area contributed by atoms with Crippen LogP contribution in [-0.4, -0.2) is 37.6 Å². The van der Waals surface area contributed by atoms with E-state index >= 15 is 0 Å². The summed E-state index contributed by atoms with van der Waals surface area (Å²) in [5, 5.41) is 0.944. The number of carbonyl (C=O) groups excluding carboxylic acids is 1. The van der Waals surface area contributed by atoms with Gasteiger partial charge >= 0.3 is 0 Å². The highest BCUT2D eigenvalue weighted by atomic mass is 35.5. The largest absolute Gasteiger partial charge is 0.497 e. The lowest BCUT2D eigenvalue weighted by Gasteiger charge is -2.40. The average Bonchev–Trinajstić information content (AvgIpc) is 3.13. The monoisotopic (exact) mass is 494 g/mol. The van der Waals surface area contributed by atoms with E-state index in [4.69, 9.17) is 27.9 Å². The fraction of sp³-hybridized carbons (Fsp3) is 0.321. The molecule has 0 aliphatic carbocycles. The van der Waals surface area contributed by atoms with E-state index < -0.39 is 0 Å². The van der Waals surface area contributed by atoms with Crippen LogP contribution in [0.5, 0.6) is 5.75 Å². The lowest BCUT2D eigenvalue weighted by atomic mass is 9.74. The summed E-state index contributed by atoms with van der Waals surface area (Å²) >= 11 is 12.4. The van der Waals surface area contributed by atoms with Crippen LogP contribution in [0.4, 0.5) is 5.69 Å². The molecule has 2 aliphatic rings. The Morgan fingerprint density at radius 1 is 1.00 bits per heavy atom. The molecule has 0 aromatic heterocycles. The molecule has 5 rings (SSSR count). The maximum atomic E-state index is 13.6. The number of carbonyl (C=O) groups is 1. The van der Waals surface area contributed by atoms with Gasteiger partial charge in [-0.25, -0.2) is 0 Å². The highest BCUT2D eigenvalue weighted by molar-refractivity contribution is 6.35. The number of hydrogen-bond acceptors (Lipinski definition) is 3. The molecule has 3 aromatic rings. The summed E-state index contributed by atoms with van der Waals surface area (Å²) in [7, 11) is 1.70. The number of anilines is 1. The Balaban J connectivity index is 1.38. The maximum absolute atomic E-state index is 13.6. The summed E-state index contributed by atoms with van der Waals surface area (Å²) in [5.74, 6) is 0.839. The van der Waals surface area contributed by atoms with Gasteiger partial charge in [0.2, 0.25) is 0 Å². The number of methoxy groups -OCH3 is 1. The van der Waals surface area contributed by atoms with Gasteiger partial charge in [-0.15, -0.1) is 0 Å². The van der Waals surface area contributed by atoms with Crippen LogP contribution in [0.2, 0.25) is 10.0 Å². The van der Waals surface area contributed by atoms with E-state index in [1.54, 1.807) is 25.3 Å². The molecule has 0 bridgehead atoms. The van der Waals surface area contributed by atoms with Gasteiger partial charge in [-0.1, -0.05) is 53.0 Å². The van der Waals surface area contributed by atoms with Crippen molar-refractivity contribution < 1.29 is 9.53 Å². The number of nitrogens with zero attached hydrogens (tertiary/aromatic N) is 2. The molecule has 34 heavy (non-hydrogen) atoms. The van der Waals surface area contributed by atoms with Crippen LogP contribution in [0.1, 0.15) is 39.9 Å².